The Bertz CT molecular complexity index is 732. The fourth-order valence-electron chi connectivity index (χ4n) is 2.93. The number of amides is 1. The SMILES string of the molecule is Cc1cc(C(=O)NCC2CCN(C)C2)nc(-c2ccc(Cl)cc2)n1. The number of hydrogen-bond donors (Lipinski definition) is 1. The number of likely N-dealkylation sites (tertiary alicyclic amines) is 1. The van der Waals surface area contributed by atoms with Crippen molar-refractivity contribution in [1.82, 2.24) is 20.2 Å². The highest BCUT2D eigenvalue weighted by Gasteiger charge is 2.20. The van der Waals surface area contributed by atoms with Crippen molar-refractivity contribution >= 4 is 17.5 Å². The van der Waals surface area contributed by atoms with Gasteiger partial charge in [0.05, 0.1) is 0 Å². The highest BCUT2D eigenvalue weighted by molar-refractivity contribution is 6.30. The van der Waals surface area contributed by atoms with Crippen LogP contribution >= 0.6 is 11.6 Å². The largest absolute Gasteiger partial charge is 0.350 e. The smallest absolute Gasteiger partial charge is 0.270 e. The van der Waals surface area contributed by atoms with Gasteiger partial charge in [-0.3, -0.25) is 4.79 Å². The molecule has 1 aromatic carbocycles. The summed E-state index contributed by atoms with van der Waals surface area (Å²) in [6.07, 6.45) is 1.12. The number of carbonyl (C=O) groups excluding carboxylic acids is 1. The molecule has 1 saturated heterocycles. The lowest BCUT2D eigenvalue weighted by molar-refractivity contribution is 0.0942. The Balaban J connectivity index is 1.73. The van der Waals surface area contributed by atoms with Crippen LogP contribution < -0.4 is 5.32 Å². The third-order valence-corrected chi connectivity index (χ3v) is 4.48. The first kappa shape index (κ1) is 16.9. The molecule has 24 heavy (non-hydrogen) atoms. The van der Waals surface area contributed by atoms with Crippen LogP contribution in [0.25, 0.3) is 11.4 Å². The second-order valence-electron chi connectivity index (χ2n) is 6.35. The number of rotatable bonds is 4. The van der Waals surface area contributed by atoms with Gasteiger partial charge in [0, 0.05) is 29.4 Å². The van der Waals surface area contributed by atoms with Crippen LogP contribution in [-0.4, -0.2) is 47.5 Å². The molecule has 1 aliphatic rings. The summed E-state index contributed by atoms with van der Waals surface area (Å²) in [4.78, 5) is 23.6. The van der Waals surface area contributed by atoms with E-state index in [-0.39, 0.29) is 5.91 Å². The summed E-state index contributed by atoms with van der Waals surface area (Å²) >= 11 is 5.92. The number of aromatic nitrogens is 2. The fourth-order valence-corrected chi connectivity index (χ4v) is 3.06. The molecule has 0 bridgehead atoms. The molecule has 2 aromatic rings. The highest BCUT2D eigenvalue weighted by atomic mass is 35.5. The van der Waals surface area contributed by atoms with E-state index in [4.69, 9.17) is 11.6 Å². The van der Waals surface area contributed by atoms with Crippen LogP contribution in [0.4, 0.5) is 0 Å². The van der Waals surface area contributed by atoms with E-state index in [9.17, 15) is 4.79 Å². The van der Waals surface area contributed by atoms with Crippen LogP contribution in [0.1, 0.15) is 22.6 Å². The van der Waals surface area contributed by atoms with Crippen molar-refractivity contribution in [2.75, 3.05) is 26.7 Å². The van der Waals surface area contributed by atoms with Gasteiger partial charge in [0.2, 0.25) is 0 Å². The lowest BCUT2D eigenvalue weighted by Crippen LogP contribution is -2.31. The van der Waals surface area contributed by atoms with Gasteiger partial charge in [-0.05, 0) is 63.2 Å². The molecule has 6 heteroatoms. The minimum Gasteiger partial charge on any atom is -0.350 e. The van der Waals surface area contributed by atoms with Gasteiger partial charge in [-0.25, -0.2) is 9.97 Å². The third kappa shape index (κ3) is 4.10. The van der Waals surface area contributed by atoms with Crippen LogP contribution in [0.3, 0.4) is 0 Å². The van der Waals surface area contributed by atoms with Crippen LogP contribution in [-0.2, 0) is 0 Å². The summed E-state index contributed by atoms with van der Waals surface area (Å²) in [5, 5.41) is 3.66. The summed E-state index contributed by atoms with van der Waals surface area (Å²) in [5.41, 5.74) is 2.01. The minimum absolute atomic E-state index is 0.148. The number of aryl methyl sites for hydroxylation is 1. The third-order valence-electron chi connectivity index (χ3n) is 4.23. The molecule has 2 heterocycles. The summed E-state index contributed by atoms with van der Waals surface area (Å²) in [6.45, 7) is 4.67. The molecule has 0 spiro atoms. The molecule has 1 aliphatic heterocycles. The van der Waals surface area contributed by atoms with Gasteiger partial charge < -0.3 is 10.2 Å². The Hall–Kier alpha value is -1.98. The summed E-state index contributed by atoms with van der Waals surface area (Å²) < 4.78 is 0. The maximum Gasteiger partial charge on any atom is 0.270 e. The van der Waals surface area contributed by atoms with Crippen molar-refractivity contribution in [3.05, 3.63) is 46.7 Å². The Morgan fingerprint density at radius 3 is 2.75 bits per heavy atom. The Morgan fingerprint density at radius 2 is 2.08 bits per heavy atom. The normalized spacial score (nSPS) is 17.9. The first-order valence-corrected chi connectivity index (χ1v) is 8.47. The van der Waals surface area contributed by atoms with E-state index < -0.39 is 0 Å². The Labute approximate surface area is 147 Å². The molecule has 1 fully saturated rings. The molecule has 1 aromatic heterocycles. The first-order valence-electron chi connectivity index (χ1n) is 8.09. The van der Waals surface area contributed by atoms with Crippen molar-refractivity contribution in [3.8, 4) is 11.4 Å². The number of halogens is 1. The molecule has 1 unspecified atom stereocenters. The van der Waals surface area contributed by atoms with Crippen molar-refractivity contribution in [1.29, 1.82) is 0 Å². The molecular weight excluding hydrogens is 324 g/mol. The second kappa shape index (κ2) is 7.28. The van der Waals surface area contributed by atoms with Crippen LogP contribution in [0.2, 0.25) is 5.02 Å². The van der Waals surface area contributed by atoms with Crippen molar-refractivity contribution in [2.45, 2.75) is 13.3 Å². The predicted molar refractivity (Wildman–Crippen MR) is 95.2 cm³/mol. The Morgan fingerprint density at radius 1 is 1.33 bits per heavy atom. The number of nitrogens with zero attached hydrogens (tertiary/aromatic N) is 3. The maximum absolute atomic E-state index is 12.4. The second-order valence-corrected chi connectivity index (χ2v) is 6.79. The van der Waals surface area contributed by atoms with Gasteiger partial charge in [-0.15, -0.1) is 0 Å². The molecule has 0 aliphatic carbocycles. The zero-order chi connectivity index (χ0) is 17.1. The summed E-state index contributed by atoms with van der Waals surface area (Å²) in [6, 6.07) is 9.01. The average molecular weight is 345 g/mol. The standard InChI is InChI=1S/C18H21ClN4O/c1-12-9-16(18(24)20-10-13-7-8-23(2)11-13)22-17(21-12)14-3-5-15(19)6-4-14/h3-6,9,13H,7-8,10-11H2,1-2H3,(H,20,24). The zero-order valence-corrected chi connectivity index (χ0v) is 14.7. The van der Waals surface area contributed by atoms with E-state index in [0.29, 0.717) is 29.0 Å². The topological polar surface area (TPSA) is 58.1 Å². The van der Waals surface area contributed by atoms with Crippen LogP contribution in [0.15, 0.2) is 30.3 Å². The number of nitrogens with one attached hydrogen (secondary N) is 1. The molecule has 3 rings (SSSR count). The summed E-state index contributed by atoms with van der Waals surface area (Å²) in [7, 11) is 2.11. The Kier molecular flexibility index (Phi) is 5.11. The maximum atomic E-state index is 12.4. The number of benzene rings is 1. The molecule has 0 saturated carbocycles. The molecule has 5 nitrogen and oxygen atoms in total. The van der Waals surface area contributed by atoms with Crippen molar-refractivity contribution in [2.24, 2.45) is 5.92 Å². The van der Waals surface area contributed by atoms with Gasteiger partial charge in [0.1, 0.15) is 5.69 Å². The first-order chi connectivity index (χ1) is 11.5. The lowest BCUT2D eigenvalue weighted by Gasteiger charge is -2.12. The molecular formula is C18H21ClN4O. The lowest BCUT2D eigenvalue weighted by atomic mass is 10.1. The van der Waals surface area contributed by atoms with Gasteiger partial charge in [-0.1, -0.05) is 11.6 Å². The van der Waals surface area contributed by atoms with Crippen molar-refractivity contribution < 1.29 is 4.79 Å². The minimum atomic E-state index is -0.148. The van der Waals surface area contributed by atoms with E-state index >= 15 is 0 Å². The molecule has 1 amide bonds. The molecule has 1 atom stereocenters. The van der Waals surface area contributed by atoms with Gasteiger partial charge >= 0.3 is 0 Å². The van der Waals surface area contributed by atoms with Crippen molar-refractivity contribution in [3.63, 3.8) is 0 Å². The average Bonchev–Trinajstić information content (AvgIpc) is 2.98. The summed E-state index contributed by atoms with van der Waals surface area (Å²) in [5.74, 6) is 0.903. The highest BCUT2D eigenvalue weighted by Crippen LogP contribution is 2.19. The molecule has 1 N–H and O–H groups in total. The van der Waals surface area contributed by atoms with Crippen LogP contribution in [0, 0.1) is 12.8 Å². The van der Waals surface area contributed by atoms with Gasteiger partial charge in [0.25, 0.3) is 5.91 Å². The van der Waals surface area contributed by atoms with E-state index in [0.717, 1.165) is 30.8 Å². The molecule has 0 radical (unpaired) electrons. The quantitative estimate of drug-likeness (QED) is 0.926. The van der Waals surface area contributed by atoms with Crippen LogP contribution in [0.5, 0.6) is 0 Å². The van der Waals surface area contributed by atoms with Gasteiger partial charge in [-0.2, -0.15) is 0 Å². The number of hydrogen-bond acceptors (Lipinski definition) is 4. The van der Waals surface area contributed by atoms with E-state index in [1.807, 2.05) is 19.1 Å². The monoisotopic (exact) mass is 344 g/mol. The predicted octanol–water partition coefficient (Wildman–Crippen LogP) is 2.79. The fraction of sp³-hybridized carbons (Fsp3) is 0.389. The van der Waals surface area contributed by atoms with Gasteiger partial charge in [0.15, 0.2) is 5.82 Å². The molecule has 126 valence electrons. The number of carbonyl (C=O) groups is 1. The van der Waals surface area contributed by atoms with E-state index in [1.165, 1.54) is 0 Å². The van der Waals surface area contributed by atoms with E-state index in [1.54, 1.807) is 18.2 Å². The van der Waals surface area contributed by atoms with E-state index in [2.05, 4.69) is 27.2 Å². The zero-order valence-electron chi connectivity index (χ0n) is 13.9.